The van der Waals surface area contributed by atoms with Gasteiger partial charge in [-0.2, -0.15) is 0 Å². The van der Waals surface area contributed by atoms with E-state index in [2.05, 4.69) is 17.2 Å². The van der Waals surface area contributed by atoms with Crippen molar-refractivity contribution in [3.8, 4) is 0 Å². The smallest absolute Gasteiger partial charge is 0.270 e. The molecule has 1 saturated carbocycles. The molecule has 3 N–H and O–H groups in total. The Labute approximate surface area is 131 Å². The van der Waals surface area contributed by atoms with Crippen LogP contribution in [0.3, 0.4) is 0 Å². The summed E-state index contributed by atoms with van der Waals surface area (Å²) in [6.07, 6.45) is 6.39. The lowest BCUT2D eigenvalue weighted by Crippen LogP contribution is -2.31. The highest BCUT2D eigenvalue weighted by molar-refractivity contribution is 7.09. The lowest BCUT2D eigenvalue weighted by molar-refractivity contribution is 0.0936. The van der Waals surface area contributed by atoms with Crippen molar-refractivity contribution in [1.29, 1.82) is 0 Å². The third-order valence-corrected chi connectivity index (χ3v) is 4.93. The maximum atomic E-state index is 11.9. The van der Waals surface area contributed by atoms with Crippen molar-refractivity contribution in [1.82, 2.24) is 10.3 Å². The Morgan fingerprint density at radius 3 is 2.60 bits per heavy atom. The number of hydrogen-bond acceptors (Lipinski definition) is 4. The number of nitrogens with two attached hydrogens (primary N) is 1. The third kappa shape index (κ3) is 4.72. The first-order valence-electron chi connectivity index (χ1n) is 7.15. The molecule has 1 amide bonds. The quantitative estimate of drug-likeness (QED) is 0.877. The molecule has 20 heavy (non-hydrogen) atoms. The number of amides is 1. The molecule has 0 atom stereocenters. The van der Waals surface area contributed by atoms with Crippen LogP contribution in [0.25, 0.3) is 0 Å². The number of carbonyl (C=O) groups excluding carboxylic acids is 1. The maximum absolute atomic E-state index is 11.9. The first kappa shape index (κ1) is 17.4. The van der Waals surface area contributed by atoms with E-state index < -0.39 is 0 Å². The lowest BCUT2D eigenvalue weighted by Gasteiger charge is -2.27. The molecule has 1 heterocycles. The Morgan fingerprint density at radius 2 is 2.05 bits per heavy atom. The molecule has 0 unspecified atom stereocenters. The van der Waals surface area contributed by atoms with Gasteiger partial charge in [0.1, 0.15) is 10.7 Å². The molecule has 6 heteroatoms. The highest BCUT2D eigenvalue weighted by Gasteiger charge is 2.20. The number of carbonyl (C=O) groups is 1. The van der Waals surface area contributed by atoms with Gasteiger partial charge in [-0.1, -0.05) is 26.2 Å². The van der Waals surface area contributed by atoms with Gasteiger partial charge in [0.15, 0.2) is 0 Å². The van der Waals surface area contributed by atoms with Crippen molar-refractivity contribution in [3.63, 3.8) is 0 Å². The highest BCUT2D eigenvalue weighted by atomic mass is 35.5. The van der Waals surface area contributed by atoms with Crippen LogP contribution in [0.5, 0.6) is 0 Å². The number of nitrogens with one attached hydrogen (secondary N) is 1. The minimum absolute atomic E-state index is 0. The van der Waals surface area contributed by atoms with Crippen molar-refractivity contribution >= 4 is 29.7 Å². The normalized spacial score (nSPS) is 22.1. The number of thiazole rings is 1. The van der Waals surface area contributed by atoms with Crippen molar-refractivity contribution in [2.24, 2.45) is 17.6 Å². The Kier molecular flexibility index (Phi) is 7.48. The molecule has 1 aromatic heterocycles. The van der Waals surface area contributed by atoms with Crippen LogP contribution in [0, 0.1) is 11.8 Å². The fourth-order valence-corrected chi connectivity index (χ4v) is 3.34. The Balaban J connectivity index is 0.00000200. The lowest BCUT2D eigenvalue weighted by atomic mass is 9.81. The van der Waals surface area contributed by atoms with E-state index in [9.17, 15) is 4.79 Å². The van der Waals surface area contributed by atoms with E-state index in [0.29, 0.717) is 18.2 Å². The first-order chi connectivity index (χ1) is 9.22. The van der Waals surface area contributed by atoms with E-state index in [0.717, 1.165) is 17.5 Å². The molecule has 0 radical (unpaired) electrons. The summed E-state index contributed by atoms with van der Waals surface area (Å²) < 4.78 is 0. The summed E-state index contributed by atoms with van der Waals surface area (Å²) in [5.74, 6) is 1.48. The van der Waals surface area contributed by atoms with Crippen molar-refractivity contribution in [2.75, 3.05) is 6.54 Å². The largest absolute Gasteiger partial charge is 0.350 e. The average Bonchev–Trinajstić information content (AvgIpc) is 2.94. The molecule has 1 fully saturated rings. The Morgan fingerprint density at radius 1 is 1.40 bits per heavy atom. The van der Waals surface area contributed by atoms with Gasteiger partial charge in [-0.15, -0.1) is 23.7 Å². The molecular weight excluding hydrogens is 294 g/mol. The van der Waals surface area contributed by atoms with Crippen LogP contribution in [-0.2, 0) is 6.54 Å². The molecule has 0 saturated heterocycles. The predicted molar refractivity (Wildman–Crippen MR) is 85.3 cm³/mol. The summed E-state index contributed by atoms with van der Waals surface area (Å²) in [6, 6.07) is 0. The molecule has 0 aromatic carbocycles. The summed E-state index contributed by atoms with van der Waals surface area (Å²) in [6.45, 7) is 3.45. The van der Waals surface area contributed by atoms with Crippen LogP contribution in [0.4, 0.5) is 0 Å². The zero-order valence-corrected chi connectivity index (χ0v) is 13.6. The van der Waals surface area contributed by atoms with Gasteiger partial charge in [-0.3, -0.25) is 4.79 Å². The Hall–Kier alpha value is -0.650. The van der Waals surface area contributed by atoms with Crippen molar-refractivity contribution in [2.45, 2.75) is 45.6 Å². The minimum atomic E-state index is -0.0615. The minimum Gasteiger partial charge on any atom is -0.350 e. The van der Waals surface area contributed by atoms with Gasteiger partial charge in [0.25, 0.3) is 5.91 Å². The van der Waals surface area contributed by atoms with Gasteiger partial charge in [-0.25, -0.2) is 4.98 Å². The molecule has 0 aliphatic heterocycles. The Bertz CT molecular complexity index is 416. The van der Waals surface area contributed by atoms with Gasteiger partial charge in [0, 0.05) is 18.5 Å². The summed E-state index contributed by atoms with van der Waals surface area (Å²) in [5.41, 5.74) is 6.00. The van der Waals surface area contributed by atoms with Crippen LogP contribution in [0.1, 0.15) is 54.5 Å². The van der Waals surface area contributed by atoms with E-state index >= 15 is 0 Å². The van der Waals surface area contributed by atoms with Crippen LogP contribution >= 0.6 is 23.7 Å². The molecule has 1 aliphatic rings. The molecule has 1 aliphatic carbocycles. The van der Waals surface area contributed by atoms with Crippen molar-refractivity contribution in [3.05, 3.63) is 16.1 Å². The standard InChI is InChI=1S/C14H23N3OS.ClH/c1-2-10-3-5-11(6-4-10)8-16-14(18)12-9-19-13(7-15)17-12;/h9-11H,2-8,15H2,1H3,(H,16,18);1H. The molecule has 0 bridgehead atoms. The topological polar surface area (TPSA) is 68.0 Å². The summed E-state index contributed by atoms with van der Waals surface area (Å²) >= 11 is 1.45. The second-order valence-corrected chi connectivity index (χ2v) is 6.28. The van der Waals surface area contributed by atoms with Crippen LogP contribution in [0.15, 0.2) is 5.38 Å². The van der Waals surface area contributed by atoms with E-state index in [1.165, 1.54) is 43.4 Å². The van der Waals surface area contributed by atoms with Crippen LogP contribution < -0.4 is 11.1 Å². The monoisotopic (exact) mass is 317 g/mol. The number of halogens is 1. The van der Waals surface area contributed by atoms with Gasteiger partial charge in [-0.05, 0) is 24.7 Å². The molecule has 4 nitrogen and oxygen atoms in total. The maximum Gasteiger partial charge on any atom is 0.270 e. The summed E-state index contributed by atoms with van der Waals surface area (Å²) in [7, 11) is 0. The summed E-state index contributed by atoms with van der Waals surface area (Å²) in [4.78, 5) is 16.1. The fraction of sp³-hybridized carbons (Fsp3) is 0.714. The first-order valence-corrected chi connectivity index (χ1v) is 8.03. The zero-order chi connectivity index (χ0) is 13.7. The number of nitrogens with zero attached hydrogens (tertiary/aromatic N) is 1. The van der Waals surface area contributed by atoms with E-state index in [-0.39, 0.29) is 18.3 Å². The molecule has 1 aromatic rings. The van der Waals surface area contributed by atoms with Gasteiger partial charge in [0.05, 0.1) is 0 Å². The predicted octanol–water partition coefficient (Wildman–Crippen LogP) is 2.97. The van der Waals surface area contributed by atoms with E-state index in [1.54, 1.807) is 5.38 Å². The van der Waals surface area contributed by atoms with Crippen molar-refractivity contribution < 1.29 is 4.79 Å². The number of rotatable bonds is 5. The number of hydrogen-bond donors (Lipinski definition) is 2. The van der Waals surface area contributed by atoms with Gasteiger partial charge < -0.3 is 11.1 Å². The second-order valence-electron chi connectivity index (χ2n) is 5.34. The van der Waals surface area contributed by atoms with E-state index in [1.807, 2.05) is 0 Å². The molecule has 114 valence electrons. The summed E-state index contributed by atoms with van der Waals surface area (Å²) in [5, 5.41) is 5.60. The van der Waals surface area contributed by atoms with Gasteiger partial charge in [0.2, 0.25) is 0 Å². The van der Waals surface area contributed by atoms with Crippen LogP contribution in [-0.4, -0.2) is 17.4 Å². The SMILES string of the molecule is CCC1CCC(CNC(=O)c2csc(CN)n2)CC1.Cl. The fourth-order valence-electron chi connectivity index (χ4n) is 2.68. The second kappa shape index (κ2) is 8.60. The third-order valence-electron chi connectivity index (χ3n) is 4.05. The van der Waals surface area contributed by atoms with Gasteiger partial charge >= 0.3 is 0 Å². The average molecular weight is 318 g/mol. The molecular formula is C14H24ClN3OS. The highest BCUT2D eigenvalue weighted by Crippen LogP contribution is 2.30. The van der Waals surface area contributed by atoms with E-state index in [4.69, 9.17) is 5.73 Å². The molecule has 2 rings (SSSR count). The number of aromatic nitrogens is 1. The zero-order valence-electron chi connectivity index (χ0n) is 11.9. The molecule has 0 spiro atoms. The van der Waals surface area contributed by atoms with Crippen LogP contribution in [0.2, 0.25) is 0 Å².